The first kappa shape index (κ1) is 16.3. The molecule has 1 amide bonds. The van der Waals surface area contributed by atoms with Gasteiger partial charge in [0.15, 0.2) is 0 Å². The molecule has 24 heavy (non-hydrogen) atoms. The van der Waals surface area contributed by atoms with E-state index in [0.717, 1.165) is 10.9 Å². The van der Waals surface area contributed by atoms with Gasteiger partial charge in [0.05, 0.1) is 5.56 Å². The van der Waals surface area contributed by atoms with Gasteiger partial charge in [0.2, 0.25) is 5.91 Å². The number of aryl methyl sites for hydroxylation is 1. The van der Waals surface area contributed by atoms with E-state index in [0.29, 0.717) is 43.9 Å². The summed E-state index contributed by atoms with van der Waals surface area (Å²) in [5, 5.41) is 11.1. The Bertz CT molecular complexity index is 848. The molecule has 6 heteroatoms. The highest BCUT2D eigenvalue weighted by molar-refractivity contribution is 5.87. The Morgan fingerprint density at radius 2 is 2.04 bits per heavy atom. The van der Waals surface area contributed by atoms with Crippen LogP contribution in [-0.4, -0.2) is 47.0 Å². The van der Waals surface area contributed by atoms with Crippen LogP contribution in [0, 0.1) is 6.92 Å². The average molecular weight is 328 g/mol. The molecule has 0 radical (unpaired) electrons. The maximum Gasteiger partial charge on any atom is 0.336 e. The van der Waals surface area contributed by atoms with Gasteiger partial charge in [-0.3, -0.25) is 9.69 Å². The fourth-order valence-corrected chi connectivity index (χ4v) is 3.06. The SMILES string of the molecule is C=CC(=O)N1CCN(Cc2c(O)ccc3c(C)cc(=O)oc23)CC1. The van der Waals surface area contributed by atoms with Gasteiger partial charge in [0.1, 0.15) is 11.3 Å². The molecule has 0 unspecified atom stereocenters. The van der Waals surface area contributed by atoms with E-state index in [2.05, 4.69) is 11.5 Å². The molecule has 0 aliphatic carbocycles. The number of hydrogen-bond acceptors (Lipinski definition) is 5. The van der Waals surface area contributed by atoms with Gasteiger partial charge in [-0.2, -0.15) is 0 Å². The Balaban J connectivity index is 1.86. The van der Waals surface area contributed by atoms with E-state index in [1.54, 1.807) is 17.0 Å². The molecule has 1 aromatic heterocycles. The summed E-state index contributed by atoms with van der Waals surface area (Å²) >= 11 is 0. The second-order valence-corrected chi connectivity index (χ2v) is 5.99. The highest BCUT2D eigenvalue weighted by atomic mass is 16.4. The molecule has 3 rings (SSSR count). The lowest BCUT2D eigenvalue weighted by Gasteiger charge is -2.34. The zero-order chi connectivity index (χ0) is 17.3. The van der Waals surface area contributed by atoms with Gasteiger partial charge in [0.25, 0.3) is 0 Å². The van der Waals surface area contributed by atoms with Gasteiger partial charge in [-0.25, -0.2) is 4.79 Å². The lowest BCUT2D eigenvalue weighted by molar-refractivity contribution is -0.127. The minimum absolute atomic E-state index is 0.0655. The lowest BCUT2D eigenvalue weighted by Crippen LogP contribution is -2.47. The minimum Gasteiger partial charge on any atom is -0.507 e. The maximum atomic E-state index is 11.7. The standard InChI is InChI=1S/C18H20N2O4/c1-3-16(22)20-8-6-19(7-9-20)11-14-15(21)5-4-13-12(2)10-17(23)24-18(13)14/h3-5,10,21H,1,6-9,11H2,2H3. The normalized spacial score (nSPS) is 15.6. The van der Waals surface area contributed by atoms with Gasteiger partial charge in [0, 0.05) is 44.2 Å². The summed E-state index contributed by atoms with van der Waals surface area (Å²) in [5.41, 5.74) is 1.44. The van der Waals surface area contributed by atoms with Crippen LogP contribution in [0.5, 0.6) is 5.75 Å². The van der Waals surface area contributed by atoms with Crippen molar-refractivity contribution in [1.29, 1.82) is 0 Å². The maximum absolute atomic E-state index is 11.7. The highest BCUT2D eigenvalue weighted by Crippen LogP contribution is 2.29. The van der Waals surface area contributed by atoms with Crippen molar-refractivity contribution in [2.45, 2.75) is 13.5 Å². The third-order valence-corrected chi connectivity index (χ3v) is 4.44. The summed E-state index contributed by atoms with van der Waals surface area (Å²) in [5.74, 6) is 0.0464. The molecule has 2 aromatic rings. The first-order valence-corrected chi connectivity index (χ1v) is 7.88. The molecular weight excluding hydrogens is 308 g/mol. The summed E-state index contributed by atoms with van der Waals surface area (Å²) in [6.07, 6.45) is 1.32. The van der Waals surface area contributed by atoms with E-state index < -0.39 is 5.63 Å². The predicted octanol–water partition coefficient (Wildman–Crippen LogP) is 1.64. The summed E-state index contributed by atoms with van der Waals surface area (Å²) in [6.45, 7) is 8.41. The molecule has 0 bridgehead atoms. The number of hydrogen-bond donors (Lipinski definition) is 1. The van der Waals surface area contributed by atoms with Crippen LogP contribution in [0.1, 0.15) is 11.1 Å². The van der Waals surface area contributed by atoms with Crippen molar-refractivity contribution in [1.82, 2.24) is 9.80 Å². The van der Waals surface area contributed by atoms with Crippen LogP contribution < -0.4 is 5.63 Å². The summed E-state index contributed by atoms with van der Waals surface area (Å²) in [7, 11) is 0. The summed E-state index contributed by atoms with van der Waals surface area (Å²) in [4.78, 5) is 27.2. The van der Waals surface area contributed by atoms with E-state index in [4.69, 9.17) is 4.42 Å². The molecule has 1 saturated heterocycles. The van der Waals surface area contributed by atoms with Crippen LogP contribution in [0.2, 0.25) is 0 Å². The monoisotopic (exact) mass is 328 g/mol. The molecular formula is C18H20N2O4. The quantitative estimate of drug-likeness (QED) is 0.685. The molecule has 1 aromatic carbocycles. The molecule has 1 aliphatic heterocycles. The van der Waals surface area contributed by atoms with Crippen LogP contribution in [0.15, 0.2) is 40.1 Å². The van der Waals surface area contributed by atoms with Gasteiger partial charge in [-0.05, 0) is 30.7 Å². The van der Waals surface area contributed by atoms with E-state index in [1.807, 2.05) is 6.92 Å². The fraction of sp³-hybridized carbons (Fsp3) is 0.333. The van der Waals surface area contributed by atoms with E-state index in [-0.39, 0.29) is 11.7 Å². The van der Waals surface area contributed by atoms with Crippen LogP contribution in [0.3, 0.4) is 0 Å². The first-order chi connectivity index (χ1) is 11.5. The van der Waals surface area contributed by atoms with Gasteiger partial charge in [-0.15, -0.1) is 0 Å². The number of carbonyl (C=O) groups is 1. The average Bonchev–Trinajstić information content (AvgIpc) is 2.57. The molecule has 0 saturated carbocycles. The predicted molar refractivity (Wildman–Crippen MR) is 90.9 cm³/mol. The molecule has 0 spiro atoms. The smallest absolute Gasteiger partial charge is 0.336 e. The van der Waals surface area contributed by atoms with E-state index in [9.17, 15) is 14.7 Å². The van der Waals surface area contributed by atoms with Crippen molar-refractivity contribution < 1.29 is 14.3 Å². The van der Waals surface area contributed by atoms with Crippen molar-refractivity contribution in [3.05, 3.63) is 52.4 Å². The second-order valence-electron chi connectivity index (χ2n) is 5.99. The zero-order valence-corrected chi connectivity index (χ0v) is 13.6. The fourth-order valence-electron chi connectivity index (χ4n) is 3.06. The number of amides is 1. The number of aromatic hydroxyl groups is 1. The molecule has 1 N–H and O–H groups in total. The number of nitrogens with zero attached hydrogens (tertiary/aromatic N) is 2. The molecule has 126 valence electrons. The first-order valence-electron chi connectivity index (χ1n) is 7.88. The van der Waals surface area contributed by atoms with E-state index in [1.165, 1.54) is 12.1 Å². The molecule has 1 aliphatic rings. The molecule has 2 heterocycles. The highest BCUT2D eigenvalue weighted by Gasteiger charge is 2.22. The Morgan fingerprint density at radius 3 is 2.71 bits per heavy atom. The number of rotatable bonds is 3. The van der Waals surface area contributed by atoms with E-state index >= 15 is 0 Å². The topological polar surface area (TPSA) is 74.0 Å². The largest absolute Gasteiger partial charge is 0.507 e. The minimum atomic E-state index is -0.423. The number of benzene rings is 1. The number of carbonyl (C=O) groups excluding carboxylic acids is 1. The molecule has 0 atom stereocenters. The molecule has 6 nitrogen and oxygen atoms in total. The van der Waals surface area contributed by atoms with Crippen LogP contribution in [0.4, 0.5) is 0 Å². The van der Waals surface area contributed by atoms with Crippen LogP contribution in [-0.2, 0) is 11.3 Å². The summed E-state index contributed by atoms with van der Waals surface area (Å²) in [6, 6.07) is 4.83. The van der Waals surface area contributed by atoms with Crippen LogP contribution in [0.25, 0.3) is 11.0 Å². The third-order valence-electron chi connectivity index (χ3n) is 4.44. The molecule has 1 fully saturated rings. The van der Waals surface area contributed by atoms with Gasteiger partial charge >= 0.3 is 5.63 Å². The van der Waals surface area contributed by atoms with Crippen molar-refractivity contribution >= 4 is 16.9 Å². The number of fused-ring (bicyclic) bond motifs is 1. The Morgan fingerprint density at radius 1 is 1.33 bits per heavy atom. The zero-order valence-electron chi connectivity index (χ0n) is 13.6. The van der Waals surface area contributed by atoms with Crippen LogP contribution >= 0.6 is 0 Å². The Labute approximate surface area is 139 Å². The van der Waals surface area contributed by atoms with Crippen molar-refractivity contribution in [2.75, 3.05) is 26.2 Å². The number of piperazine rings is 1. The van der Waals surface area contributed by atoms with Crippen molar-refractivity contribution in [2.24, 2.45) is 0 Å². The van der Waals surface area contributed by atoms with Crippen molar-refractivity contribution in [3.63, 3.8) is 0 Å². The van der Waals surface area contributed by atoms with Crippen molar-refractivity contribution in [3.8, 4) is 5.75 Å². The summed E-state index contributed by atoms with van der Waals surface area (Å²) < 4.78 is 5.35. The Hall–Kier alpha value is -2.60. The second kappa shape index (κ2) is 6.49. The van der Waals surface area contributed by atoms with Gasteiger partial charge in [-0.1, -0.05) is 6.58 Å². The number of phenolic OH excluding ortho intramolecular Hbond substituents is 1. The van der Waals surface area contributed by atoms with Gasteiger partial charge < -0.3 is 14.4 Å². The number of phenols is 1. The lowest BCUT2D eigenvalue weighted by atomic mass is 10.1. The third kappa shape index (κ3) is 3.05. The Kier molecular flexibility index (Phi) is 4.40.